The third-order valence-electron chi connectivity index (χ3n) is 4.51. The molecule has 0 fully saturated rings. The minimum absolute atomic E-state index is 0.155. The number of carbonyl (C=O) groups is 2. The van der Waals surface area contributed by atoms with Crippen LogP contribution in [0.25, 0.3) is 0 Å². The molecule has 0 saturated heterocycles. The molecule has 0 unspecified atom stereocenters. The summed E-state index contributed by atoms with van der Waals surface area (Å²) in [5.41, 5.74) is 2.69. The van der Waals surface area contributed by atoms with Gasteiger partial charge in [-0.3, -0.25) is 9.59 Å². The summed E-state index contributed by atoms with van der Waals surface area (Å²) in [6.45, 7) is 3.59. The number of halogens is 1. The molecule has 0 aliphatic heterocycles. The van der Waals surface area contributed by atoms with Crippen LogP contribution in [-0.2, 0) is 10.5 Å². The van der Waals surface area contributed by atoms with Crippen LogP contribution in [0, 0.1) is 19.7 Å². The summed E-state index contributed by atoms with van der Waals surface area (Å²) in [6, 6.07) is 12.9. The number of nitrogens with one attached hydrogen (secondary N) is 1. The second-order valence-corrected chi connectivity index (χ2v) is 7.82. The highest BCUT2D eigenvalue weighted by Crippen LogP contribution is 2.29. The van der Waals surface area contributed by atoms with E-state index in [1.54, 1.807) is 25.2 Å². The van der Waals surface area contributed by atoms with Crippen molar-refractivity contribution in [2.24, 2.45) is 0 Å². The van der Waals surface area contributed by atoms with E-state index in [0.717, 1.165) is 21.9 Å². The first kappa shape index (κ1) is 21.6. The number of rotatable bonds is 7. The van der Waals surface area contributed by atoms with Gasteiger partial charge in [0.2, 0.25) is 5.91 Å². The van der Waals surface area contributed by atoms with Crippen LogP contribution in [0.1, 0.15) is 27.4 Å². The van der Waals surface area contributed by atoms with Crippen LogP contribution in [-0.4, -0.2) is 35.5 Å². The molecule has 1 aromatic heterocycles. The predicted molar refractivity (Wildman–Crippen MR) is 114 cm³/mol. The summed E-state index contributed by atoms with van der Waals surface area (Å²) in [5, 5.41) is 6.55. The molecule has 0 bridgehead atoms. The van der Waals surface area contributed by atoms with Gasteiger partial charge >= 0.3 is 0 Å². The minimum atomic E-state index is -0.443. The lowest BCUT2D eigenvalue weighted by Crippen LogP contribution is -2.35. The lowest BCUT2D eigenvalue weighted by atomic mass is 10.2. The Kier molecular flexibility index (Phi) is 6.89. The average Bonchev–Trinajstić information content (AvgIpc) is 3.03. The minimum Gasteiger partial charge on any atom is -0.361 e. The highest BCUT2D eigenvalue weighted by Gasteiger charge is 2.19. The van der Waals surface area contributed by atoms with Gasteiger partial charge in [0.1, 0.15) is 11.6 Å². The summed E-state index contributed by atoms with van der Waals surface area (Å²) in [4.78, 5) is 27.3. The second kappa shape index (κ2) is 9.58. The largest absolute Gasteiger partial charge is 0.361 e. The van der Waals surface area contributed by atoms with E-state index < -0.39 is 11.7 Å². The van der Waals surface area contributed by atoms with Crippen LogP contribution in [0.15, 0.2) is 57.9 Å². The van der Waals surface area contributed by atoms with Crippen molar-refractivity contribution in [1.29, 1.82) is 0 Å². The fraction of sp³-hybridized carbons (Fsp3) is 0.227. The van der Waals surface area contributed by atoms with E-state index in [1.165, 1.54) is 34.9 Å². The van der Waals surface area contributed by atoms with Gasteiger partial charge in [-0.15, -0.1) is 11.8 Å². The number of likely N-dealkylation sites (N-methyl/N-ethyl adjacent to an activating group) is 1. The lowest BCUT2D eigenvalue weighted by molar-refractivity contribution is -0.116. The molecule has 3 aromatic rings. The van der Waals surface area contributed by atoms with E-state index in [-0.39, 0.29) is 12.5 Å². The summed E-state index contributed by atoms with van der Waals surface area (Å²) >= 11 is 1.51. The van der Waals surface area contributed by atoms with Crippen LogP contribution in [0.2, 0.25) is 0 Å². The summed E-state index contributed by atoms with van der Waals surface area (Å²) in [6.07, 6.45) is 0. The van der Waals surface area contributed by atoms with Crippen LogP contribution in [0.5, 0.6) is 0 Å². The van der Waals surface area contributed by atoms with Crippen molar-refractivity contribution in [1.82, 2.24) is 10.1 Å². The molecule has 0 atom stereocenters. The van der Waals surface area contributed by atoms with Gasteiger partial charge in [0.25, 0.3) is 5.91 Å². The van der Waals surface area contributed by atoms with Crippen molar-refractivity contribution in [2.75, 3.05) is 18.9 Å². The fourth-order valence-electron chi connectivity index (χ4n) is 2.89. The Morgan fingerprint density at radius 2 is 1.93 bits per heavy atom. The number of aryl methyl sites for hydroxylation is 2. The molecule has 6 nitrogen and oxygen atoms in total. The molecule has 1 heterocycles. The van der Waals surface area contributed by atoms with Gasteiger partial charge in [0.15, 0.2) is 0 Å². The SMILES string of the molecule is Cc1noc(C)c1CSc1ccccc1C(=O)N(C)CC(=O)Nc1cccc(F)c1. The van der Waals surface area contributed by atoms with Crippen molar-refractivity contribution in [3.8, 4) is 0 Å². The molecule has 3 rings (SSSR count). The Bertz CT molecular complexity index is 1050. The zero-order chi connectivity index (χ0) is 21.7. The third kappa shape index (κ3) is 5.27. The zero-order valence-corrected chi connectivity index (χ0v) is 17.8. The van der Waals surface area contributed by atoms with Crippen LogP contribution in [0.4, 0.5) is 10.1 Å². The monoisotopic (exact) mass is 427 g/mol. The molecule has 2 aromatic carbocycles. The number of hydrogen-bond donors (Lipinski definition) is 1. The Morgan fingerprint density at radius 3 is 2.63 bits per heavy atom. The smallest absolute Gasteiger partial charge is 0.255 e. The van der Waals surface area contributed by atoms with Gasteiger partial charge < -0.3 is 14.7 Å². The van der Waals surface area contributed by atoms with Gasteiger partial charge in [-0.25, -0.2) is 4.39 Å². The number of benzene rings is 2. The first-order valence-electron chi connectivity index (χ1n) is 9.29. The van der Waals surface area contributed by atoms with Gasteiger partial charge in [0.05, 0.1) is 17.8 Å². The predicted octanol–water partition coefficient (Wildman–Crippen LogP) is 4.43. The van der Waals surface area contributed by atoms with Crippen LogP contribution < -0.4 is 5.32 Å². The van der Waals surface area contributed by atoms with Crippen LogP contribution >= 0.6 is 11.8 Å². The molecule has 0 spiro atoms. The fourth-order valence-corrected chi connectivity index (χ4v) is 4.08. The quantitative estimate of drug-likeness (QED) is 0.565. The molecule has 30 heavy (non-hydrogen) atoms. The number of thioether (sulfide) groups is 1. The molecule has 2 amide bonds. The molecule has 156 valence electrons. The molecular formula is C22H22FN3O3S. The van der Waals surface area contributed by atoms with Gasteiger partial charge in [-0.1, -0.05) is 23.4 Å². The third-order valence-corrected chi connectivity index (χ3v) is 5.61. The maximum absolute atomic E-state index is 13.3. The summed E-state index contributed by atoms with van der Waals surface area (Å²) < 4.78 is 18.5. The van der Waals surface area contributed by atoms with Crippen LogP contribution in [0.3, 0.4) is 0 Å². The van der Waals surface area contributed by atoms with Crippen molar-refractivity contribution in [3.05, 3.63) is 76.9 Å². The zero-order valence-electron chi connectivity index (χ0n) is 16.9. The van der Waals surface area contributed by atoms with Gasteiger partial charge in [-0.05, 0) is 44.2 Å². The van der Waals surface area contributed by atoms with E-state index in [4.69, 9.17) is 4.52 Å². The first-order chi connectivity index (χ1) is 14.3. The van der Waals surface area contributed by atoms with Crippen molar-refractivity contribution >= 4 is 29.3 Å². The highest BCUT2D eigenvalue weighted by molar-refractivity contribution is 7.98. The Labute approximate surface area is 178 Å². The Hall–Kier alpha value is -3.13. The number of nitrogens with zero attached hydrogens (tertiary/aromatic N) is 2. The van der Waals surface area contributed by atoms with Gasteiger partial charge in [-0.2, -0.15) is 0 Å². The maximum atomic E-state index is 13.3. The van der Waals surface area contributed by atoms with Crippen molar-refractivity contribution < 1.29 is 18.5 Å². The number of hydrogen-bond acceptors (Lipinski definition) is 5. The highest BCUT2D eigenvalue weighted by atomic mass is 32.2. The first-order valence-corrected chi connectivity index (χ1v) is 10.3. The van der Waals surface area contributed by atoms with E-state index in [1.807, 2.05) is 26.0 Å². The number of anilines is 1. The van der Waals surface area contributed by atoms with E-state index in [2.05, 4.69) is 10.5 Å². The average molecular weight is 428 g/mol. The summed E-state index contributed by atoms with van der Waals surface area (Å²) in [5.74, 6) is 0.259. The molecule has 0 aliphatic carbocycles. The number of carbonyl (C=O) groups excluding carboxylic acids is 2. The second-order valence-electron chi connectivity index (χ2n) is 6.81. The molecule has 1 N–H and O–H groups in total. The molecule has 0 saturated carbocycles. The van der Waals surface area contributed by atoms with Crippen molar-refractivity contribution in [3.63, 3.8) is 0 Å². The van der Waals surface area contributed by atoms with Gasteiger partial charge in [0, 0.05) is 28.9 Å². The van der Waals surface area contributed by atoms with Crippen molar-refractivity contribution in [2.45, 2.75) is 24.5 Å². The summed E-state index contributed by atoms with van der Waals surface area (Å²) in [7, 11) is 1.56. The lowest BCUT2D eigenvalue weighted by Gasteiger charge is -2.18. The standard InChI is InChI=1S/C22H22FN3O3S/c1-14-19(15(2)29-25-14)13-30-20-10-5-4-9-18(20)22(28)26(3)12-21(27)24-17-8-6-7-16(23)11-17/h4-11H,12-13H2,1-3H3,(H,24,27). The van der Waals surface area contributed by atoms with E-state index >= 15 is 0 Å². The van der Waals surface area contributed by atoms with E-state index in [9.17, 15) is 14.0 Å². The normalized spacial score (nSPS) is 10.7. The van der Waals surface area contributed by atoms with E-state index in [0.29, 0.717) is 17.0 Å². The molecule has 8 heteroatoms. The Balaban J connectivity index is 1.66. The number of aromatic nitrogens is 1. The maximum Gasteiger partial charge on any atom is 0.255 e. The molecule has 0 aliphatic rings. The molecular weight excluding hydrogens is 405 g/mol. The topological polar surface area (TPSA) is 75.4 Å². The molecule has 0 radical (unpaired) electrons. The Morgan fingerprint density at radius 1 is 1.17 bits per heavy atom. The number of amides is 2.